The van der Waals surface area contributed by atoms with Crippen LogP contribution in [0.5, 0.6) is 11.5 Å². The molecule has 0 unspecified atom stereocenters. The molecule has 2 N–H and O–H groups in total. The van der Waals surface area contributed by atoms with Crippen molar-refractivity contribution in [2.75, 3.05) is 32.2 Å². The molecule has 0 aromatic heterocycles. The van der Waals surface area contributed by atoms with Crippen molar-refractivity contribution in [2.45, 2.75) is 6.42 Å². The Morgan fingerprint density at radius 3 is 2.34 bits per heavy atom. The fourth-order valence-electron chi connectivity index (χ4n) is 2.88. The molecule has 6 nitrogen and oxygen atoms in total. The highest BCUT2D eigenvalue weighted by Crippen LogP contribution is 2.18. The summed E-state index contributed by atoms with van der Waals surface area (Å²) in [5, 5.41) is 5.90. The van der Waals surface area contributed by atoms with E-state index in [-0.39, 0.29) is 11.0 Å². The minimum Gasteiger partial charge on any atom is -0.493 e. The third-order valence-electron chi connectivity index (χ3n) is 4.49. The van der Waals surface area contributed by atoms with Crippen molar-refractivity contribution in [2.24, 2.45) is 0 Å². The van der Waals surface area contributed by atoms with Crippen LogP contribution < -0.4 is 20.1 Å². The standard InChI is InChI=1S/C25H26N2O4S/c1-29-16-17-31-22-12-10-20(11-13-22)24(28)27-25(32)26-21-8-5-9-23(18-21)30-15-14-19-6-3-2-4-7-19/h2-13,18H,14-17H2,1H3,(H2,26,27,28,32). The van der Waals surface area contributed by atoms with Crippen LogP contribution >= 0.6 is 12.2 Å². The van der Waals surface area contributed by atoms with E-state index in [1.54, 1.807) is 31.4 Å². The van der Waals surface area contributed by atoms with E-state index >= 15 is 0 Å². The summed E-state index contributed by atoms with van der Waals surface area (Å²) in [7, 11) is 1.61. The van der Waals surface area contributed by atoms with Crippen molar-refractivity contribution in [1.29, 1.82) is 0 Å². The van der Waals surface area contributed by atoms with Crippen molar-refractivity contribution in [3.05, 3.63) is 90.0 Å². The molecule has 3 rings (SSSR count). The zero-order valence-corrected chi connectivity index (χ0v) is 18.7. The van der Waals surface area contributed by atoms with Crippen LogP contribution in [0.2, 0.25) is 0 Å². The van der Waals surface area contributed by atoms with Gasteiger partial charge in [-0.3, -0.25) is 10.1 Å². The smallest absolute Gasteiger partial charge is 0.257 e. The lowest BCUT2D eigenvalue weighted by Crippen LogP contribution is -2.34. The number of ether oxygens (including phenoxy) is 3. The van der Waals surface area contributed by atoms with Crippen LogP contribution in [0.4, 0.5) is 5.69 Å². The number of hydrogen-bond donors (Lipinski definition) is 2. The van der Waals surface area contributed by atoms with Gasteiger partial charge >= 0.3 is 0 Å². The first-order valence-corrected chi connectivity index (χ1v) is 10.7. The van der Waals surface area contributed by atoms with Crippen molar-refractivity contribution in [3.63, 3.8) is 0 Å². The molecule has 32 heavy (non-hydrogen) atoms. The second-order valence-corrected chi connectivity index (χ2v) is 7.29. The van der Waals surface area contributed by atoms with E-state index in [1.165, 1.54) is 5.56 Å². The number of hydrogen-bond acceptors (Lipinski definition) is 5. The number of methoxy groups -OCH3 is 1. The monoisotopic (exact) mass is 450 g/mol. The summed E-state index contributed by atoms with van der Waals surface area (Å²) in [6.07, 6.45) is 0.823. The molecule has 3 aromatic rings. The number of carbonyl (C=O) groups excluding carboxylic acids is 1. The lowest BCUT2D eigenvalue weighted by Gasteiger charge is -2.12. The van der Waals surface area contributed by atoms with Crippen LogP contribution in [0, 0.1) is 0 Å². The molecule has 0 aliphatic rings. The van der Waals surface area contributed by atoms with Crippen LogP contribution in [-0.2, 0) is 11.2 Å². The Morgan fingerprint density at radius 2 is 1.59 bits per heavy atom. The zero-order valence-electron chi connectivity index (χ0n) is 17.9. The minimum atomic E-state index is -0.304. The van der Waals surface area contributed by atoms with Crippen LogP contribution in [-0.4, -0.2) is 38.0 Å². The highest BCUT2D eigenvalue weighted by Gasteiger charge is 2.09. The van der Waals surface area contributed by atoms with Crippen LogP contribution in [0.1, 0.15) is 15.9 Å². The largest absolute Gasteiger partial charge is 0.493 e. The van der Waals surface area contributed by atoms with Gasteiger partial charge in [-0.25, -0.2) is 0 Å². The third-order valence-corrected chi connectivity index (χ3v) is 4.70. The molecule has 0 saturated heterocycles. The van der Waals surface area contributed by atoms with Crippen molar-refractivity contribution in [1.82, 2.24) is 5.32 Å². The van der Waals surface area contributed by atoms with E-state index in [9.17, 15) is 4.79 Å². The summed E-state index contributed by atoms with van der Waals surface area (Å²) in [6.45, 7) is 1.52. The molecule has 0 fully saturated rings. The summed E-state index contributed by atoms with van der Waals surface area (Å²) in [5.74, 6) is 1.09. The maximum absolute atomic E-state index is 12.4. The van der Waals surface area contributed by atoms with Gasteiger partial charge in [0, 0.05) is 30.8 Å². The first kappa shape index (κ1) is 23.2. The Bertz CT molecular complexity index is 1010. The third kappa shape index (κ3) is 7.68. The number of nitrogens with one attached hydrogen (secondary N) is 2. The number of carbonyl (C=O) groups is 1. The van der Waals surface area contributed by atoms with Gasteiger partial charge in [0.1, 0.15) is 18.1 Å². The molecule has 166 valence electrons. The van der Waals surface area contributed by atoms with Crippen molar-refractivity contribution < 1.29 is 19.0 Å². The Kier molecular flexibility index (Phi) is 9.04. The number of rotatable bonds is 10. The summed E-state index contributed by atoms with van der Waals surface area (Å²) >= 11 is 5.28. The Hall–Kier alpha value is -3.42. The molecule has 3 aromatic carbocycles. The fourth-order valence-corrected chi connectivity index (χ4v) is 3.09. The van der Waals surface area contributed by atoms with E-state index in [4.69, 9.17) is 26.4 Å². The molecule has 0 heterocycles. The predicted molar refractivity (Wildman–Crippen MR) is 130 cm³/mol. The van der Waals surface area contributed by atoms with E-state index < -0.39 is 0 Å². The molecular weight excluding hydrogens is 424 g/mol. The number of thiocarbonyl (C=S) groups is 1. The second-order valence-electron chi connectivity index (χ2n) is 6.89. The van der Waals surface area contributed by atoms with Gasteiger partial charge in [0.2, 0.25) is 0 Å². The molecule has 0 aliphatic heterocycles. The predicted octanol–water partition coefficient (Wildman–Crippen LogP) is 4.46. The molecule has 7 heteroatoms. The number of benzene rings is 3. The average molecular weight is 451 g/mol. The lowest BCUT2D eigenvalue weighted by molar-refractivity contribution is 0.0977. The first-order chi connectivity index (χ1) is 15.6. The second kappa shape index (κ2) is 12.4. The van der Waals surface area contributed by atoms with Gasteiger partial charge < -0.3 is 19.5 Å². The van der Waals surface area contributed by atoms with Crippen LogP contribution in [0.15, 0.2) is 78.9 Å². The van der Waals surface area contributed by atoms with Gasteiger partial charge in [0.15, 0.2) is 5.11 Å². The van der Waals surface area contributed by atoms with Gasteiger partial charge in [0.05, 0.1) is 13.2 Å². The molecule has 0 saturated carbocycles. The van der Waals surface area contributed by atoms with E-state index in [1.807, 2.05) is 42.5 Å². The molecular formula is C25H26N2O4S. The van der Waals surface area contributed by atoms with Crippen LogP contribution in [0.3, 0.4) is 0 Å². The maximum Gasteiger partial charge on any atom is 0.257 e. The number of amides is 1. The fraction of sp³-hybridized carbons (Fsp3) is 0.200. The lowest BCUT2D eigenvalue weighted by atomic mass is 10.2. The van der Waals surface area contributed by atoms with Gasteiger partial charge in [0.25, 0.3) is 5.91 Å². The van der Waals surface area contributed by atoms with Crippen molar-refractivity contribution in [3.8, 4) is 11.5 Å². The molecule has 1 amide bonds. The maximum atomic E-state index is 12.4. The summed E-state index contributed by atoms with van der Waals surface area (Å²) in [4.78, 5) is 12.4. The normalized spacial score (nSPS) is 10.3. The quantitative estimate of drug-likeness (QED) is 0.351. The highest BCUT2D eigenvalue weighted by molar-refractivity contribution is 7.80. The Balaban J connectivity index is 1.46. The van der Waals surface area contributed by atoms with Gasteiger partial charge in [-0.1, -0.05) is 36.4 Å². The van der Waals surface area contributed by atoms with Gasteiger partial charge in [-0.05, 0) is 54.2 Å². The number of anilines is 1. The highest BCUT2D eigenvalue weighted by atomic mass is 32.1. The Morgan fingerprint density at radius 1 is 0.844 bits per heavy atom. The SMILES string of the molecule is COCCOc1ccc(C(=O)NC(=S)Nc2cccc(OCCc3ccccc3)c2)cc1. The molecule has 0 spiro atoms. The van der Waals surface area contributed by atoms with Crippen LogP contribution in [0.25, 0.3) is 0 Å². The molecule has 0 atom stereocenters. The minimum absolute atomic E-state index is 0.205. The molecule has 0 bridgehead atoms. The van der Waals surface area contributed by atoms with Gasteiger partial charge in [-0.15, -0.1) is 0 Å². The average Bonchev–Trinajstić information content (AvgIpc) is 2.80. The zero-order chi connectivity index (χ0) is 22.6. The van der Waals surface area contributed by atoms with E-state index in [2.05, 4.69) is 22.8 Å². The topological polar surface area (TPSA) is 68.8 Å². The summed E-state index contributed by atoms with van der Waals surface area (Å²) in [6, 6.07) is 24.5. The van der Waals surface area contributed by atoms with Crippen molar-refractivity contribution >= 4 is 28.9 Å². The Labute approximate surface area is 193 Å². The summed E-state index contributed by atoms with van der Waals surface area (Å²) < 4.78 is 16.3. The first-order valence-electron chi connectivity index (χ1n) is 10.2. The van der Waals surface area contributed by atoms with E-state index in [0.29, 0.717) is 31.1 Å². The van der Waals surface area contributed by atoms with E-state index in [0.717, 1.165) is 17.9 Å². The summed E-state index contributed by atoms with van der Waals surface area (Å²) in [5.41, 5.74) is 2.43. The molecule has 0 aliphatic carbocycles. The van der Waals surface area contributed by atoms with Gasteiger partial charge in [-0.2, -0.15) is 0 Å². The molecule has 0 radical (unpaired) electrons.